The lowest BCUT2D eigenvalue weighted by atomic mass is 9.78. The van der Waals surface area contributed by atoms with Crippen molar-refractivity contribution in [2.45, 2.75) is 64.0 Å². The minimum absolute atomic E-state index is 0.000795. The van der Waals surface area contributed by atoms with Crippen molar-refractivity contribution in [1.29, 1.82) is 0 Å². The normalized spacial score (nSPS) is 22.4. The van der Waals surface area contributed by atoms with Crippen LogP contribution in [0.15, 0.2) is 30.6 Å². The van der Waals surface area contributed by atoms with Crippen LogP contribution in [0.4, 0.5) is 5.95 Å². The Bertz CT molecular complexity index is 1140. The molecule has 0 unspecified atom stereocenters. The zero-order valence-electron chi connectivity index (χ0n) is 19.0. The van der Waals surface area contributed by atoms with Crippen LogP contribution in [-0.2, 0) is 10.2 Å². The Morgan fingerprint density at radius 1 is 1.19 bits per heavy atom. The first kappa shape index (κ1) is 20.9. The number of amides is 1. The molecule has 3 N–H and O–H groups in total. The Balaban J connectivity index is 1.38. The molecule has 0 bridgehead atoms. The molecule has 32 heavy (non-hydrogen) atoms. The summed E-state index contributed by atoms with van der Waals surface area (Å²) in [6.07, 6.45) is 8.55. The van der Waals surface area contributed by atoms with Gasteiger partial charge < -0.3 is 20.4 Å². The van der Waals surface area contributed by atoms with Gasteiger partial charge in [0.05, 0.1) is 6.10 Å². The van der Waals surface area contributed by atoms with Gasteiger partial charge in [-0.25, -0.2) is 4.98 Å². The summed E-state index contributed by atoms with van der Waals surface area (Å²) < 4.78 is 5.75. The first-order valence-electron chi connectivity index (χ1n) is 11.6. The van der Waals surface area contributed by atoms with E-state index in [1.807, 2.05) is 24.5 Å². The van der Waals surface area contributed by atoms with Gasteiger partial charge >= 0.3 is 0 Å². The van der Waals surface area contributed by atoms with Gasteiger partial charge in [-0.1, -0.05) is 19.9 Å². The lowest BCUT2D eigenvalue weighted by Gasteiger charge is -2.32. The van der Waals surface area contributed by atoms with Crippen molar-refractivity contribution in [2.75, 3.05) is 18.5 Å². The third-order valence-corrected chi connectivity index (χ3v) is 6.84. The third-order valence-electron chi connectivity index (χ3n) is 6.84. The highest BCUT2D eigenvalue weighted by molar-refractivity contribution is 5.99. The number of anilines is 1. The Labute approximate surface area is 188 Å². The van der Waals surface area contributed by atoms with Crippen LogP contribution in [0.5, 0.6) is 0 Å². The van der Waals surface area contributed by atoms with Crippen LogP contribution in [-0.4, -0.2) is 46.2 Å². The summed E-state index contributed by atoms with van der Waals surface area (Å²) in [5.41, 5.74) is 4.65. The molecule has 7 heteroatoms. The number of benzene rings is 1. The monoisotopic (exact) mass is 433 g/mol. The number of aromatic nitrogens is 3. The summed E-state index contributed by atoms with van der Waals surface area (Å²) in [6.45, 7) is 7.80. The Morgan fingerprint density at radius 2 is 2.00 bits per heavy atom. The molecule has 2 aliphatic rings. The summed E-state index contributed by atoms with van der Waals surface area (Å²) in [4.78, 5) is 24.9. The van der Waals surface area contributed by atoms with Gasteiger partial charge in [0.2, 0.25) is 5.95 Å². The molecular weight excluding hydrogens is 402 g/mol. The number of hydrogen-bond acceptors (Lipinski definition) is 5. The van der Waals surface area contributed by atoms with Crippen molar-refractivity contribution >= 4 is 22.9 Å². The highest BCUT2D eigenvalue weighted by Crippen LogP contribution is 2.35. The van der Waals surface area contributed by atoms with Crippen molar-refractivity contribution in [3.05, 3.63) is 41.7 Å². The van der Waals surface area contributed by atoms with E-state index in [1.165, 1.54) is 0 Å². The number of nitrogens with one attached hydrogen (secondary N) is 3. The standard InChI is InChI=1S/C25H31N5O2/c1-4-32-17-8-6-16(7-9-17)29-24-27-13-20-19(12-26-22(20)30-24)15-5-10-18-21(11-15)25(2,3)14-28-23(18)31/h5,10-13,16-17H,4,6-9,14H2,1-3H3,(H,28,31)(H2,26,27,29,30). The minimum atomic E-state index is -0.111. The van der Waals surface area contributed by atoms with E-state index in [2.05, 4.69) is 47.4 Å². The highest BCUT2D eigenvalue weighted by Gasteiger charge is 2.32. The molecule has 1 aromatic carbocycles. The van der Waals surface area contributed by atoms with Crippen LogP contribution >= 0.6 is 0 Å². The van der Waals surface area contributed by atoms with Gasteiger partial charge in [-0.15, -0.1) is 0 Å². The first-order valence-corrected chi connectivity index (χ1v) is 11.6. The summed E-state index contributed by atoms with van der Waals surface area (Å²) in [5, 5.41) is 7.46. The molecule has 3 heterocycles. The molecular formula is C25H31N5O2. The van der Waals surface area contributed by atoms with Gasteiger partial charge in [0.1, 0.15) is 5.65 Å². The number of fused-ring (bicyclic) bond motifs is 2. The highest BCUT2D eigenvalue weighted by atomic mass is 16.5. The average Bonchev–Trinajstić information content (AvgIpc) is 3.21. The van der Waals surface area contributed by atoms with E-state index in [0.29, 0.717) is 24.6 Å². The fourth-order valence-electron chi connectivity index (χ4n) is 4.97. The number of ether oxygens (including phenoxy) is 1. The average molecular weight is 434 g/mol. The second kappa shape index (κ2) is 8.20. The van der Waals surface area contributed by atoms with E-state index in [4.69, 9.17) is 9.72 Å². The number of hydrogen-bond donors (Lipinski definition) is 3. The maximum Gasteiger partial charge on any atom is 0.251 e. The number of rotatable bonds is 5. The van der Waals surface area contributed by atoms with Crippen molar-refractivity contribution in [2.24, 2.45) is 0 Å². The molecule has 1 aliphatic carbocycles. The van der Waals surface area contributed by atoms with Crippen LogP contribution in [0.25, 0.3) is 22.2 Å². The van der Waals surface area contributed by atoms with Crippen molar-refractivity contribution in [3.8, 4) is 11.1 Å². The smallest absolute Gasteiger partial charge is 0.251 e. The molecule has 0 radical (unpaired) electrons. The second-order valence-electron chi connectivity index (χ2n) is 9.56. The zero-order valence-corrected chi connectivity index (χ0v) is 19.0. The molecule has 1 fully saturated rings. The molecule has 1 amide bonds. The lowest BCUT2D eigenvalue weighted by molar-refractivity contribution is 0.0346. The minimum Gasteiger partial charge on any atom is -0.379 e. The Kier molecular flexibility index (Phi) is 5.37. The van der Waals surface area contributed by atoms with Gasteiger partial charge in [0, 0.05) is 53.5 Å². The fourth-order valence-corrected chi connectivity index (χ4v) is 4.97. The number of aromatic amines is 1. The number of carbonyl (C=O) groups excluding carboxylic acids is 1. The molecule has 5 rings (SSSR count). The molecule has 3 aromatic rings. The molecule has 0 atom stereocenters. The topological polar surface area (TPSA) is 91.9 Å². The van der Waals surface area contributed by atoms with E-state index >= 15 is 0 Å². The van der Waals surface area contributed by atoms with Gasteiger partial charge in [0.15, 0.2) is 0 Å². The van der Waals surface area contributed by atoms with Gasteiger partial charge in [0.25, 0.3) is 5.91 Å². The zero-order chi connectivity index (χ0) is 22.3. The van der Waals surface area contributed by atoms with Crippen molar-refractivity contribution in [3.63, 3.8) is 0 Å². The van der Waals surface area contributed by atoms with Crippen LogP contribution in [0, 0.1) is 0 Å². The van der Waals surface area contributed by atoms with Gasteiger partial charge in [-0.05, 0) is 55.9 Å². The molecule has 2 aromatic heterocycles. The maximum absolute atomic E-state index is 12.3. The van der Waals surface area contributed by atoms with E-state index in [0.717, 1.165) is 65.6 Å². The van der Waals surface area contributed by atoms with Gasteiger partial charge in [-0.2, -0.15) is 4.98 Å². The lowest BCUT2D eigenvalue weighted by Crippen LogP contribution is -2.43. The predicted octanol–water partition coefficient (Wildman–Crippen LogP) is 4.41. The van der Waals surface area contributed by atoms with E-state index in [-0.39, 0.29) is 11.3 Å². The van der Waals surface area contributed by atoms with Crippen LogP contribution < -0.4 is 10.6 Å². The predicted molar refractivity (Wildman–Crippen MR) is 126 cm³/mol. The Hall–Kier alpha value is -2.93. The number of H-pyrrole nitrogens is 1. The summed E-state index contributed by atoms with van der Waals surface area (Å²) in [5.74, 6) is 0.660. The summed E-state index contributed by atoms with van der Waals surface area (Å²) >= 11 is 0. The molecule has 1 saturated carbocycles. The van der Waals surface area contributed by atoms with Crippen LogP contribution in [0.3, 0.4) is 0 Å². The fraction of sp³-hybridized carbons (Fsp3) is 0.480. The van der Waals surface area contributed by atoms with E-state index in [9.17, 15) is 4.79 Å². The molecule has 7 nitrogen and oxygen atoms in total. The SMILES string of the molecule is CCOC1CCC(Nc2ncc3c(-c4ccc5c(c4)C(C)(C)CNC5=O)c[nH]c3n2)CC1. The van der Waals surface area contributed by atoms with Crippen LogP contribution in [0.1, 0.15) is 62.4 Å². The first-order chi connectivity index (χ1) is 15.4. The largest absolute Gasteiger partial charge is 0.379 e. The number of nitrogens with zero attached hydrogens (tertiary/aromatic N) is 2. The van der Waals surface area contributed by atoms with E-state index < -0.39 is 0 Å². The number of carbonyl (C=O) groups is 1. The molecule has 0 spiro atoms. The van der Waals surface area contributed by atoms with Crippen molar-refractivity contribution in [1.82, 2.24) is 20.3 Å². The molecule has 168 valence electrons. The second-order valence-corrected chi connectivity index (χ2v) is 9.56. The maximum atomic E-state index is 12.3. The summed E-state index contributed by atoms with van der Waals surface area (Å²) in [6, 6.07) is 6.45. The molecule has 1 aliphatic heterocycles. The molecule has 0 saturated heterocycles. The van der Waals surface area contributed by atoms with Gasteiger partial charge in [-0.3, -0.25) is 4.79 Å². The van der Waals surface area contributed by atoms with Crippen molar-refractivity contribution < 1.29 is 9.53 Å². The van der Waals surface area contributed by atoms with E-state index in [1.54, 1.807) is 0 Å². The van der Waals surface area contributed by atoms with Crippen LogP contribution in [0.2, 0.25) is 0 Å². The summed E-state index contributed by atoms with van der Waals surface area (Å²) in [7, 11) is 0. The third kappa shape index (κ3) is 3.86. The Morgan fingerprint density at radius 3 is 2.78 bits per heavy atom. The quantitative estimate of drug-likeness (QED) is 0.554.